The van der Waals surface area contributed by atoms with Gasteiger partial charge in [-0.15, -0.1) is 0 Å². The molecule has 0 spiro atoms. The summed E-state index contributed by atoms with van der Waals surface area (Å²) in [4.78, 5) is 14.6. The van der Waals surface area contributed by atoms with E-state index in [1.807, 2.05) is 0 Å². The minimum absolute atomic E-state index is 0.00978. The fourth-order valence-electron chi connectivity index (χ4n) is 1.35. The Bertz CT molecular complexity index is 556. The number of aromatic nitrogens is 1. The third kappa shape index (κ3) is 1.53. The Kier molecular flexibility index (Phi) is 2.28. The predicted molar refractivity (Wildman–Crippen MR) is 53.7 cm³/mol. The second-order valence-corrected chi connectivity index (χ2v) is 3.33. The van der Waals surface area contributed by atoms with Crippen LogP contribution in [0.3, 0.4) is 0 Å². The van der Waals surface area contributed by atoms with E-state index in [1.165, 1.54) is 24.4 Å². The Morgan fingerprint density at radius 3 is 2.80 bits per heavy atom. The van der Waals surface area contributed by atoms with Crippen LogP contribution in [0.4, 0.5) is 4.39 Å². The molecule has 0 aliphatic rings. The Morgan fingerprint density at radius 1 is 1.40 bits per heavy atom. The maximum atomic E-state index is 13.5. The summed E-state index contributed by atoms with van der Waals surface area (Å²) in [5.41, 5.74) is -0.0158. The fraction of sp³-hybridized carbons (Fsp3) is 0. The Hall–Kier alpha value is -1.68. The van der Waals surface area contributed by atoms with Crippen LogP contribution in [0.5, 0.6) is 0 Å². The van der Waals surface area contributed by atoms with E-state index in [4.69, 9.17) is 16.7 Å². The molecular weight excluding hydrogens is 221 g/mol. The van der Waals surface area contributed by atoms with Crippen molar-refractivity contribution in [3.63, 3.8) is 0 Å². The summed E-state index contributed by atoms with van der Waals surface area (Å²) in [5, 5.41) is 9.03. The summed E-state index contributed by atoms with van der Waals surface area (Å²) in [6.07, 6.45) is 1.24. The highest BCUT2D eigenvalue weighted by Crippen LogP contribution is 2.24. The molecule has 0 saturated heterocycles. The molecule has 2 aromatic rings. The van der Waals surface area contributed by atoms with Crippen LogP contribution < -0.4 is 0 Å². The fourth-order valence-corrected chi connectivity index (χ4v) is 1.50. The van der Waals surface area contributed by atoms with Gasteiger partial charge in [-0.1, -0.05) is 17.7 Å². The normalized spacial score (nSPS) is 10.5. The number of fused-ring (bicyclic) bond motifs is 1. The number of hydrogen-bond donors (Lipinski definition) is 1. The van der Waals surface area contributed by atoms with Crippen LogP contribution in [0.25, 0.3) is 10.9 Å². The van der Waals surface area contributed by atoms with E-state index in [1.54, 1.807) is 0 Å². The molecule has 0 atom stereocenters. The molecular formula is C10H5ClFNO2. The van der Waals surface area contributed by atoms with Gasteiger partial charge in [0.25, 0.3) is 0 Å². The molecule has 1 aromatic carbocycles. The highest BCUT2D eigenvalue weighted by atomic mass is 35.5. The summed E-state index contributed by atoms with van der Waals surface area (Å²) < 4.78 is 13.5. The molecule has 0 amide bonds. The van der Waals surface area contributed by atoms with Crippen molar-refractivity contribution in [2.24, 2.45) is 0 Å². The van der Waals surface area contributed by atoms with Crippen LogP contribution in [0, 0.1) is 5.82 Å². The van der Waals surface area contributed by atoms with Gasteiger partial charge in [0.15, 0.2) is 5.82 Å². The number of aromatic carboxylic acids is 1. The molecule has 1 aromatic heterocycles. The molecule has 0 unspecified atom stereocenters. The molecule has 76 valence electrons. The first-order valence-corrected chi connectivity index (χ1v) is 4.45. The highest BCUT2D eigenvalue weighted by Gasteiger charge is 2.13. The Balaban J connectivity index is 2.89. The number of rotatable bonds is 1. The first-order chi connectivity index (χ1) is 7.11. The second-order valence-electron chi connectivity index (χ2n) is 2.92. The van der Waals surface area contributed by atoms with E-state index in [-0.39, 0.29) is 21.5 Å². The number of benzene rings is 1. The summed E-state index contributed by atoms with van der Waals surface area (Å²) in [7, 11) is 0. The quantitative estimate of drug-likeness (QED) is 0.812. The largest absolute Gasteiger partial charge is 0.478 e. The van der Waals surface area contributed by atoms with Gasteiger partial charge in [0, 0.05) is 11.6 Å². The van der Waals surface area contributed by atoms with Gasteiger partial charge in [-0.2, -0.15) is 0 Å². The van der Waals surface area contributed by atoms with Gasteiger partial charge in [0.2, 0.25) is 0 Å². The van der Waals surface area contributed by atoms with Gasteiger partial charge in [0.1, 0.15) is 5.52 Å². The molecule has 0 aliphatic heterocycles. The first kappa shape index (κ1) is 9.86. The molecule has 0 fully saturated rings. The van der Waals surface area contributed by atoms with Crippen molar-refractivity contribution < 1.29 is 14.3 Å². The topological polar surface area (TPSA) is 50.2 Å². The van der Waals surface area contributed by atoms with Crippen molar-refractivity contribution in [1.82, 2.24) is 4.98 Å². The number of nitrogens with zero attached hydrogens (tertiary/aromatic N) is 1. The van der Waals surface area contributed by atoms with Crippen LogP contribution in [0.15, 0.2) is 24.4 Å². The number of carboxylic acids is 1. The van der Waals surface area contributed by atoms with Gasteiger partial charge in [-0.3, -0.25) is 4.98 Å². The number of pyridine rings is 1. The molecule has 0 bridgehead atoms. The lowest BCUT2D eigenvalue weighted by molar-refractivity contribution is 0.0699. The van der Waals surface area contributed by atoms with Crippen molar-refractivity contribution in [2.75, 3.05) is 0 Å². The summed E-state index contributed by atoms with van der Waals surface area (Å²) in [5.74, 6) is -1.82. The molecule has 1 heterocycles. The average molecular weight is 226 g/mol. The van der Waals surface area contributed by atoms with E-state index < -0.39 is 11.8 Å². The molecule has 0 aliphatic carbocycles. The van der Waals surface area contributed by atoms with E-state index in [0.717, 1.165) is 0 Å². The lowest BCUT2D eigenvalue weighted by Crippen LogP contribution is -1.99. The maximum absolute atomic E-state index is 13.5. The van der Waals surface area contributed by atoms with E-state index >= 15 is 0 Å². The number of carbonyl (C=O) groups is 1. The van der Waals surface area contributed by atoms with Gasteiger partial charge in [0.05, 0.1) is 10.6 Å². The standard InChI is InChI=1S/C10H5ClFNO2/c11-7-2-1-5-6(10(14)15)3-4-13-9(5)8(7)12/h1-4H,(H,14,15). The molecule has 2 rings (SSSR count). The lowest BCUT2D eigenvalue weighted by atomic mass is 10.1. The average Bonchev–Trinajstić information content (AvgIpc) is 2.23. The predicted octanol–water partition coefficient (Wildman–Crippen LogP) is 2.73. The summed E-state index contributed by atoms with van der Waals surface area (Å²) >= 11 is 5.56. The first-order valence-electron chi connectivity index (χ1n) is 4.07. The zero-order valence-corrected chi connectivity index (χ0v) is 8.12. The van der Waals surface area contributed by atoms with Crippen molar-refractivity contribution in [1.29, 1.82) is 0 Å². The SMILES string of the molecule is O=C(O)c1ccnc2c(F)c(Cl)ccc12. The van der Waals surface area contributed by atoms with Crippen LogP contribution in [0.1, 0.15) is 10.4 Å². The summed E-state index contributed by atoms with van der Waals surface area (Å²) in [6.45, 7) is 0. The number of halogens is 2. The van der Waals surface area contributed by atoms with Crippen molar-refractivity contribution in [2.45, 2.75) is 0 Å². The molecule has 15 heavy (non-hydrogen) atoms. The Morgan fingerprint density at radius 2 is 2.13 bits per heavy atom. The number of carboxylic acid groups (broad SMARTS) is 1. The third-order valence-corrected chi connectivity index (χ3v) is 2.33. The number of hydrogen-bond acceptors (Lipinski definition) is 2. The highest BCUT2D eigenvalue weighted by molar-refractivity contribution is 6.31. The van der Waals surface area contributed by atoms with Crippen LogP contribution in [-0.2, 0) is 0 Å². The molecule has 0 radical (unpaired) electrons. The molecule has 0 saturated carbocycles. The van der Waals surface area contributed by atoms with E-state index in [9.17, 15) is 9.18 Å². The minimum atomic E-state index is -1.12. The van der Waals surface area contributed by atoms with Gasteiger partial charge in [-0.05, 0) is 12.1 Å². The third-order valence-electron chi connectivity index (χ3n) is 2.03. The van der Waals surface area contributed by atoms with Gasteiger partial charge < -0.3 is 5.11 Å². The van der Waals surface area contributed by atoms with Crippen molar-refractivity contribution in [3.8, 4) is 0 Å². The molecule has 1 N–H and O–H groups in total. The summed E-state index contributed by atoms with van der Waals surface area (Å²) in [6, 6.07) is 4.07. The van der Waals surface area contributed by atoms with Crippen molar-refractivity contribution >= 4 is 28.5 Å². The minimum Gasteiger partial charge on any atom is -0.478 e. The second kappa shape index (κ2) is 3.47. The van der Waals surface area contributed by atoms with Gasteiger partial charge in [-0.25, -0.2) is 9.18 Å². The zero-order valence-electron chi connectivity index (χ0n) is 7.37. The van der Waals surface area contributed by atoms with E-state index in [2.05, 4.69) is 4.98 Å². The molecule has 5 heteroatoms. The van der Waals surface area contributed by atoms with Crippen LogP contribution in [0.2, 0.25) is 5.02 Å². The van der Waals surface area contributed by atoms with Crippen molar-refractivity contribution in [3.05, 3.63) is 40.8 Å². The Labute approximate surface area is 89.1 Å². The maximum Gasteiger partial charge on any atom is 0.336 e. The van der Waals surface area contributed by atoms with E-state index in [0.29, 0.717) is 0 Å². The van der Waals surface area contributed by atoms with Gasteiger partial charge >= 0.3 is 5.97 Å². The smallest absolute Gasteiger partial charge is 0.336 e. The van der Waals surface area contributed by atoms with Crippen LogP contribution in [-0.4, -0.2) is 16.1 Å². The lowest BCUT2D eigenvalue weighted by Gasteiger charge is -2.03. The molecule has 3 nitrogen and oxygen atoms in total. The monoisotopic (exact) mass is 225 g/mol. The zero-order chi connectivity index (χ0) is 11.0. The van der Waals surface area contributed by atoms with Crippen LogP contribution >= 0.6 is 11.6 Å².